The van der Waals surface area contributed by atoms with Gasteiger partial charge in [0.15, 0.2) is 0 Å². The van der Waals surface area contributed by atoms with Crippen LogP contribution in [0.4, 0.5) is 27.5 Å². The summed E-state index contributed by atoms with van der Waals surface area (Å²) in [7, 11) is 0. The van der Waals surface area contributed by atoms with Crippen LogP contribution in [0.25, 0.3) is 0 Å². The third-order valence-electron chi connectivity index (χ3n) is 4.56. The van der Waals surface area contributed by atoms with Crippen LogP contribution in [0.5, 0.6) is 5.75 Å². The first-order chi connectivity index (χ1) is 14.6. The number of hydrogen-bond donors (Lipinski definition) is 4. The fourth-order valence-electron chi connectivity index (χ4n) is 3.02. The molecule has 1 aliphatic heterocycles. The van der Waals surface area contributed by atoms with Gasteiger partial charge in [-0.25, -0.2) is 9.37 Å². The van der Waals surface area contributed by atoms with Gasteiger partial charge < -0.3 is 26.4 Å². The highest BCUT2D eigenvalue weighted by Crippen LogP contribution is 2.30. The Morgan fingerprint density at radius 3 is 2.87 bits per heavy atom. The van der Waals surface area contributed by atoms with Gasteiger partial charge in [0, 0.05) is 25.0 Å². The molecule has 0 fully saturated rings. The number of carbonyl (C=O) groups excluding carboxylic acids is 1. The smallest absolute Gasteiger partial charge is 0.254 e. The normalized spacial score (nSPS) is 12.7. The maximum Gasteiger partial charge on any atom is 0.254 e. The lowest BCUT2D eigenvalue weighted by Crippen LogP contribution is -2.17. The number of rotatable bonds is 6. The van der Waals surface area contributed by atoms with Crippen LogP contribution < -0.4 is 26.4 Å². The first-order valence-corrected chi connectivity index (χ1v) is 9.51. The van der Waals surface area contributed by atoms with Gasteiger partial charge in [-0.2, -0.15) is 4.98 Å². The molecule has 9 heteroatoms. The van der Waals surface area contributed by atoms with E-state index in [9.17, 15) is 9.18 Å². The number of halogens is 1. The van der Waals surface area contributed by atoms with E-state index in [0.717, 1.165) is 35.7 Å². The molecule has 4 rings (SSSR count). The second kappa shape index (κ2) is 8.64. The minimum absolute atomic E-state index is 0.166. The van der Waals surface area contributed by atoms with Crippen molar-refractivity contribution in [3.63, 3.8) is 0 Å². The molecule has 1 amide bonds. The molecule has 30 heavy (non-hydrogen) atoms. The summed E-state index contributed by atoms with van der Waals surface area (Å²) in [5, 5.41) is 9.52. The fourth-order valence-corrected chi connectivity index (χ4v) is 3.02. The van der Waals surface area contributed by atoms with Crippen LogP contribution in [-0.4, -0.2) is 29.0 Å². The number of primary amides is 1. The Labute approximate surface area is 172 Å². The number of hydrogen-bond acceptors (Lipinski definition) is 7. The van der Waals surface area contributed by atoms with Gasteiger partial charge in [0.25, 0.3) is 5.91 Å². The van der Waals surface area contributed by atoms with Crippen LogP contribution in [0.2, 0.25) is 0 Å². The number of anilines is 4. The van der Waals surface area contributed by atoms with E-state index >= 15 is 0 Å². The second-order valence-corrected chi connectivity index (χ2v) is 6.76. The van der Waals surface area contributed by atoms with Crippen LogP contribution >= 0.6 is 0 Å². The van der Waals surface area contributed by atoms with Gasteiger partial charge in [-0.05, 0) is 42.3 Å². The van der Waals surface area contributed by atoms with Gasteiger partial charge in [0.05, 0.1) is 17.9 Å². The maximum atomic E-state index is 13.1. The maximum absolute atomic E-state index is 13.1. The monoisotopic (exact) mass is 408 g/mol. The summed E-state index contributed by atoms with van der Waals surface area (Å²) < 4.78 is 18.8. The van der Waals surface area contributed by atoms with Gasteiger partial charge in [-0.15, -0.1) is 0 Å². The molecule has 0 saturated carbocycles. The summed E-state index contributed by atoms with van der Waals surface area (Å²) >= 11 is 0. The highest BCUT2D eigenvalue weighted by Gasteiger charge is 2.14. The lowest BCUT2D eigenvalue weighted by atomic mass is 10.2. The molecule has 0 radical (unpaired) electrons. The second-order valence-electron chi connectivity index (χ2n) is 6.76. The third kappa shape index (κ3) is 4.57. The van der Waals surface area contributed by atoms with Crippen LogP contribution in [0.15, 0.2) is 48.7 Å². The Hall–Kier alpha value is -3.88. The number of nitrogens with zero attached hydrogens (tertiary/aromatic N) is 2. The van der Waals surface area contributed by atoms with E-state index in [1.54, 1.807) is 12.1 Å². The lowest BCUT2D eigenvalue weighted by Gasteiger charge is -2.13. The Kier molecular flexibility index (Phi) is 5.60. The average Bonchev–Trinajstić information content (AvgIpc) is 2.98. The first kappa shape index (κ1) is 19.4. The Bertz CT molecular complexity index is 1060. The van der Waals surface area contributed by atoms with Crippen molar-refractivity contribution in [2.24, 2.45) is 5.73 Å². The molecule has 154 valence electrons. The van der Waals surface area contributed by atoms with Crippen LogP contribution in [0, 0.1) is 5.82 Å². The van der Waals surface area contributed by atoms with Crippen LogP contribution in [-0.2, 0) is 6.54 Å². The van der Waals surface area contributed by atoms with Crippen molar-refractivity contribution < 1.29 is 13.9 Å². The zero-order valence-electron chi connectivity index (χ0n) is 16.1. The van der Waals surface area contributed by atoms with Crippen molar-refractivity contribution in [3.05, 3.63) is 65.6 Å². The zero-order valence-corrected chi connectivity index (χ0v) is 16.1. The number of carbonyl (C=O) groups is 1. The van der Waals surface area contributed by atoms with E-state index < -0.39 is 5.91 Å². The number of nitrogens with one attached hydrogen (secondary N) is 3. The summed E-state index contributed by atoms with van der Waals surface area (Å²) in [5.74, 6) is 0.432. The molecule has 3 aromatic rings. The van der Waals surface area contributed by atoms with E-state index in [0.29, 0.717) is 24.9 Å². The van der Waals surface area contributed by atoms with Crippen LogP contribution in [0.3, 0.4) is 0 Å². The lowest BCUT2D eigenvalue weighted by molar-refractivity contribution is 0.100. The van der Waals surface area contributed by atoms with Gasteiger partial charge in [-0.3, -0.25) is 4.79 Å². The minimum atomic E-state index is -0.644. The molecule has 1 aliphatic rings. The molecule has 8 nitrogen and oxygen atoms in total. The van der Waals surface area contributed by atoms with Gasteiger partial charge in [0.2, 0.25) is 5.95 Å². The van der Waals surface area contributed by atoms with Gasteiger partial charge in [0.1, 0.15) is 17.4 Å². The summed E-state index contributed by atoms with van der Waals surface area (Å²) in [6.07, 6.45) is 2.30. The summed E-state index contributed by atoms with van der Waals surface area (Å²) in [4.78, 5) is 20.3. The summed E-state index contributed by atoms with van der Waals surface area (Å²) in [6, 6.07) is 11.7. The number of aromatic nitrogens is 2. The predicted octanol–water partition coefficient (Wildman–Crippen LogP) is 3.26. The van der Waals surface area contributed by atoms with Crippen molar-refractivity contribution in [2.45, 2.75) is 13.0 Å². The topological polar surface area (TPSA) is 114 Å². The summed E-state index contributed by atoms with van der Waals surface area (Å²) in [6.45, 7) is 1.85. The van der Waals surface area contributed by atoms with Crippen molar-refractivity contribution in [2.75, 3.05) is 29.1 Å². The largest absolute Gasteiger partial charge is 0.491 e. The molecular formula is C21H21FN6O2. The number of benzene rings is 2. The first-order valence-electron chi connectivity index (χ1n) is 9.51. The molecule has 0 spiro atoms. The standard InChI is InChI=1S/C21H21FN6O2/c22-14-4-2-13(3-5-14)11-25-20-16(19(23)29)12-26-21(28-20)27-15-6-7-18-17(10-15)24-8-1-9-30-18/h2-7,10,12,24H,1,8-9,11H2,(H2,23,29)(H2,25,26,27,28). The zero-order chi connectivity index (χ0) is 20.9. The SMILES string of the molecule is NC(=O)c1cnc(Nc2ccc3c(c2)NCCCO3)nc1NCc1ccc(F)cc1. The average molecular weight is 408 g/mol. The quantitative estimate of drug-likeness (QED) is 0.495. The Morgan fingerprint density at radius 2 is 2.07 bits per heavy atom. The molecule has 0 bridgehead atoms. The molecule has 0 saturated heterocycles. The molecule has 1 aromatic heterocycles. The minimum Gasteiger partial charge on any atom is -0.491 e. The molecule has 2 heterocycles. The molecule has 0 atom stereocenters. The molecule has 0 aliphatic carbocycles. The molecule has 0 unspecified atom stereocenters. The number of fused-ring (bicyclic) bond motifs is 1. The number of amides is 1. The highest BCUT2D eigenvalue weighted by molar-refractivity contribution is 5.97. The highest BCUT2D eigenvalue weighted by atomic mass is 19.1. The molecule has 5 N–H and O–H groups in total. The Balaban J connectivity index is 1.54. The number of nitrogens with two attached hydrogens (primary N) is 1. The van der Waals surface area contributed by atoms with Crippen molar-refractivity contribution >= 4 is 29.0 Å². The summed E-state index contributed by atoms with van der Waals surface area (Å²) in [5.41, 5.74) is 8.10. The predicted molar refractivity (Wildman–Crippen MR) is 113 cm³/mol. The van der Waals surface area contributed by atoms with Gasteiger partial charge in [-0.1, -0.05) is 12.1 Å². The molecule has 2 aromatic carbocycles. The van der Waals surface area contributed by atoms with E-state index in [4.69, 9.17) is 10.5 Å². The van der Waals surface area contributed by atoms with Crippen molar-refractivity contribution in [1.29, 1.82) is 0 Å². The van der Waals surface area contributed by atoms with E-state index in [1.165, 1.54) is 18.3 Å². The molecular weight excluding hydrogens is 387 g/mol. The van der Waals surface area contributed by atoms with Crippen LogP contribution in [0.1, 0.15) is 22.3 Å². The van der Waals surface area contributed by atoms with E-state index in [1.807, 2.05) is 18.2 Å². The Morgan fingerprint density at radius 1 is 1.23 bits per heavy atom. The fraction of sp³-hybridized carbons (Fsp3) is 0.190. The van der Waals surface area contributed by atoms with Crippen molar-refractivity contribution in [1.82, 2.24) is 9.97 Å². The van der Waals surface area contributed by atoms with E-state index in [2.05, 4.69) is 25.9 Å². The van der Waals surface area contributed by atoms with E-state index in [-0.39, 0.29) is 11.4 Å². The third-order valence-corrected chi connectivity index (χ3v) is 4.56. The van der Waals surface area contributed by atoms with Gasteiger partial charge >= 0.3 is 0 Å². The number of ether oxygens (including phenoxy) is 1. The van der Waals surface area contributed by atoms with Crippen molar-refractivity contribution in [3.8, 4) is 5.75 Å².